The Morgan fingerprint density at radius 3 is 2.59 bits per heavy atom. The van der Waals surface area contributed by atoms with Crippen LogP contribution in [-0.4, -0.2) is 35.9 Å². The Morgan fingerprint density at radius 1 is 1.45 bits per heavy atom. The van der Waals surface area contributed by atoms with E-state index in [1.807, 2.05) is 0 Å². The van der Waals surface area contributed by atoms with E-state index in [4.69, 9.17) is 9.52 Å². The largest absolute Gasteiger partial charge is 0.464 e. The van der Waals surface area contributed by atoms with Crippen LogP contribution in [0.3, 0.4) is 0 Å². The third kappa shape index (κ3) is 2.37. The number of nitro benzene ring substituents is 1. The Labute approximate surface area is 124 Å². The molecule has 2 aromatic rings. The zero-order valence-electron chi connectivity index (χ0n) is 11.6. The van der Waals surface area contributed by atoms with E-state index < -0.39 is 21.0 Å². The topological polar surface area (TPSA) is 131 Å². The number of carbonyl (C=O) groups is 1. The molecule has 0 saturated carbocycles. The fourth-order valence-electron chi connectivity index (χ4n) is 1.98. The first-order valence-corrected chi connectivity index (χ1v) is 7.55. The highest BCUT2D eigenvalue weighted by molar-refractivity contribution is 7.90. The Hall–Kier alpha value is -2.62. The number of furan rings is 1. The van der Waals surface area contributed by atoms with Crippen LogP contribution in [0.25, 0.3) is 11.0 Å². The van der Waals surface area contributed by atoms with E-state index in [9.17, 15) is 23.3 Å². The summed E-state index contributed by atoms with van der Waals surface area (Å²) < 4.78 is 30.4. The molecular weight excluding hydrogens is 316 g/mol. The van der Waals surface area contributed by atoms with Crippen molar-refractivity contribution in [3.63, 3.8) is 0 Å². The van der Waals surface area contributed by atoms with E-state index in [1.165, 1.54) is 12.1 Å². The predicted molar refractivity (Wildman–Crippen MR) is 75.2 cm³/mol. The maximum Gasteiger partial charge on any atom is 0.421 e. The molecule has 0 aliphatic carbocycles. The first-order chi connectivity index (χ1) is 10.2. The zero-order valence-corrected chi connectivity index (χ0v) is 12.5. The molecule has 0 aliphatic rings. The number of nitrogens with zero attached hydrogens (tertiary/aromatic N) is 2. The van der Waals surface area contributed by atoms with Crippen molar-refractivity contribution < 1.29 is 27.7 Å². The summed E-state index contributed by atoms with van der Waals surface area (Å²) in [7, 11) is -3.51. The van der Waals surface area contributed by atoms with Crippen LogP contribution < -0.4 is 0 Å². The van der Waals surface area contributed by atoms with Crippen LogP contribution >= 0.6 is 0 Å². The summed E-state index contributed by atoms with van der Waals surface area (Å²) in [5.74, 6) is 0.0450. The number of nitro groups is 1. The monoisotopic (exact) mass is 328 g/mol. The summed E-state index contributed by atoms with van der Waals surface area (Å²) in [5, 5.41) is 19.7. The molecule has 118 valence electrons. The molecule has 1 heterocycles. The Kier molecular flexibility index (Phi) is 3.79. The zero-order chi connectivity index (χ0) is 16.7. The Morgan fingerprint density at radius 2 is 2.09 bits per heavy atom. The maximum atomic E-state index is 12.4. The van der Waals surface area contributed by atoms with Gasteiger partial charge in [0.15, 0.2) is 0 Å². The summed E-state index contributed by atoms with van der Waals surface area (Å²) in [6.45, 7) is 1.63. The van der Waals surface area contributed by atoms with Gasteiger partial charge in [0.1, 0.15) is 16.2 Å². The lowest BCUT2D eigenvalue weighted by atomic mass is 10.2. The third-order valence-electron chi connectivity index (χ3n) is 3.11. The highest BCUT2D eigenvalue weighted by atomic mass is 32.2. The van der Waals surface area contributed by atoms with Crippen molar-refractivity contribution in [3.05, 3.63) is 34.1 Å². The molecule has 22 heavy (non-hydrogen) atoms. The molecule has 9 nitrogen and oxygen atoms in total. The van der Waals surface area contributed by atoms with Gasteiger partial charge in [-0.15, -0.1) is 0 Å². The maximum absolute atomic E-state index is 12.4. The highest BCUT2D eigenvalue weighted by Crippen LogP contribution is 2.34. The molecule has 2 rings (SSSR count). The Bertz CT molecular complexity index is 869. The van der Waals surface area contributed by atoms with Crippen LogP contribution in [0.4, 0.5) is 10.5 Å². The second-order valence-electron chi connectivity index (χ2n) is 4.40. The van der Waals surface area contributed by atoms with Crippen LogP contribution in [0.2, 0.25) is 0 Å². The quantitative estimate of drug-likeness (QED) is 0.672. The van der Waals surface area contributed by atoms with Crippen LogP contribution in [0.15, 0.2) is 27.5 Å². The van der Waals surface area contributed by atoms with E-state index in [2.05, 4.69) is 0 Å². The number of non-ortho nitro benzene ring substituents is 1. The minimum Gasteiger partial charge on any atom is -0.464 e. The fourth-order valence-corrected chi connectivity index (χ4v) is 3.37. The summed E-state index contributed by atoms with van der Waals surface area (Å²) >= 11 is 0. The molecule has 0 aliphatic heterocycles. The predicted octanol–water partition coefficient (Wildman–Crippen LogP) is 2.20. The number of hydrogen-bond acceptors (Lipinski definition) is 6. The molecule has 0 saturated heterocycles. The second kappa shape index (κ2) is 5.30. The second-order valence-corrected chi connectivity index (χ2v) is 6.31. The van der Waals surface area contributed by atoms with Gasteiger partial charge in [-0.25, -0.2) is 17.5 Å². The molecular formula is C12H12N2O7S. The molecule has 1 N–H and O–H groups in total. The fraction of sp³-hybridized carbons (Fsp3) is 0.250. The molecule has 0 bridgehead atoms. The van der Waals surface area contributed by atoms with E-state index in [0.29, 0.717) is 0 Å². The van der Waals surface area contributed by atoms with Crippen molar-refractivity contribution >= 4 is 32.8 Å². The molecule has 10 heteroatoms. The van der Waals surface area contributed by atoms with Gasteiger partial charge >= 0.3 is 6.09 Å². The smallest absolute Gasteiger partial charge is 0.421 e. The van der Waals surface area contributed by atoms with Gasteiger partial charge in [0.05, 0.1) is 4.92 Å². The first-order valence-electron chi connectivity index (χ1n) is 6.11. The highest BCUT2D eigenvalue weighted by Gasteiger charge is 2.32. The van der Waals surface area contributed by atoms with Gasteiger partial charge in [0, 0.05) is 31.0 Å². The number of hydrogen-bond donors (Lipinski definition) is 1. The number of aryl methyl sites for hydroxylation is 1. The van der Waals surface area contributed by atoms with Crippen molar-refractivity contribution in [2.75, 3.05) is 7.05 Å². The van der Waals surface area contributed by atoms with E-state index in [-0.39, 0.29) is 38.0 Å². The number of benzene rings is 1. The molecule has 0 radical (unpaired) electrons. The minimum atomic E-state index is -4.39. The molecule has 1 aromatic carbocycles. The van der Waals surface area contributed by atoms with Gasteiger partial charge in [0.25, 0.3) is 15.7 Å². The standard InChI is InChI=1S/C12H12N2O7S/c1-3-9-11(22(19,20)13(2)12(15)16)8-6-7(14(17)18)4-5-10(8)21-9/h4-6H,3H2,1-2H3,(H,15,16). The van der Waals surface area contributed by atoms with E-state index in [0.717, 1.165) is 13.1 Å². The van der Waals surface area contributed by atoms with Crippen molar-refractivity contribution in [1.29, 1.82) is 0 Å². The SMILES string of the molecule is CCc1oc2ccc([N+](=O)[O-])cc2c1S(=O)(=O)N(C)C(=O)O. The van der Waals surface area contributed by atoms with Crippen LogP contribution in [-0.2, 0) is 16.4 Å². The van der Waals surface area contributed by atoms with Crippen molar-refractivity contribution in [2.45, 2.75) is 18.2 Å². The van der Waals surface area contributed by atoms with Gasteiger partial charge in [-0.05, 0) is 6.07 Å². The van der Waals surface area contributed by atoms with E-state index in [1.54, 1.807) is 6.92 Å². The molecule has 1 amide bonds. The number of fused-ring (bicyclic) bond motifs is 1. The average Bonchev–Trinajstić information content (AvgIpc) is 2.84. The minimum absolute atomic E-state index is 0.0147. The lowest BCUT2D eigenvalue weighted by molar-refractivity contribution is -0.384. The number of rotatable bonds is 4. The molecule has 0 spiro atoms. The summed E-state index contributed by atoms with van der Waals surface area (Å²) in [6, 6.07) is 3.52. The van der Waals surface area contributed by atoms with Crippen molar-refractivity contribution in [2.24, 2.45) is 0 Å². The Balaban J connectivity index is 2.83. The van der Waals surface area contributed by atoms with E-state index >= 15 is 0 Å². The van der Waals surface area contributed by atoms with Crippen molar-refractivity contribution in [3.8, 4) is 0 Å². The number of carboxylic acid groups (broad SMARTS) is 1. The summed E-state index contributed by atoms with van der Waals surface area (Å²) in [4.78, 5) is 20.8. The lowest BCUT2D eigenvalue weighted by Gasteiger charge is -2.13. The first kappa shape index (κ1) is 15.8. The van der Waals surface area contributed by atoms with Crippen LogP contribution in [0.1, 0.15) is 12.7 Å². The molecule has 0 unspecified atom stereocenters. The number of amides is 1. The molecule has 1 aromatic heterocycles. The van der Waals surface area contributed by atoms with Gasteiger partial charge in [-0.2, -0.15) is 0 Å². The van der Waals surface area contributed by atoms with Crippen LogP contribution in [0.5, 0.6) is 0 Å². The van der Waals surface area contributed by atoms with Gasteiger partial charge in [-0.3, -0.25) is 10.1 Å². The number of sulfonamides is 1. The van der Waals surface area contributed by atoms with Gasteiger partial charge in [0.2, 0.25) is 0 Å². The normalized spacial score (nSPS) is 11.5. The van der Waals surface area contributed by atoms with Gasteiger partial charge < -0.3 is 9.52 Å². The van der Waals surface area contributed by atoms with Gasteiger partial charge in [-0.1, -0.05) is 6.92 Å². The third-order valence-corrected chi connectivity index (χ3v) is 4.95. The average molecular weight is 328 g/mol. The molecule has 0 fully saturated rings. The van der Waals surface area contributed by atoms with Crippen LogP contribution in [0, 0.1) is 10.1 Å². The van der Waals surface area contributed by atoms with Crippen molar-refractivity contribution in [1.82, 2.24) is 4.31 Å². The lowest BCUT2D eigenvalue weighted by Crippen LogP contribution is -2.32. The summed E-state index contributed by atoms with van der Waals surface area (Å²) in [6.07, 6.45) is -1.48. The summed E-state index contributed by atoms with van der Waals surface area (Å²) in [5.41, 5.74) is -0.176. The molecule has 0 atom stereocenters.